The summed E-state index contributed by atoms with van der Waals surface area (Å²) in [5.41, 5.74) is 0.727. The molecule has 1 heterocycles. The number of aromatic nitrogens is 2. The average molecular weight is 338 g/mol. The van der Waals surface area contributed by atoms with Gasteiger partial charge in [-0.15, -0.1) is 0 Å². The number of carbonyl (C=O) groups excluding carboxylic acids is 1. The number of rotatable bonds is 4. The van der Waals surface area contributed by atoms with Gasteiger partial charge in [0.1, 0.15) is 0 Å². The van der Waals surface area contributed by atoms with E-state index in [9.17, 15) is 4.79 Å². The highest BCUT2D eigenvalue weighted by Gasteiger charge is 2.21. The van der Waals surface area contributed by atoms with E-state index in [-0.39, 0.29) is 16.7 Å². The Kier molecular flexibility index (Phi) is 5.19. The SMILES string of the molecule is C[C@H](Sc1nccn1-c1ccc(Cl)cc1)C(=O)NC(C)(C)C. The number of halogens is 1. The van der Waals surface area contributed by atoms with E-state index in [4.69, 9.17) is 11.6 Å². The molecule has 0 saturated heterocycles. The number of hydrogen-bond donors (Lipinski definition) is 1. The molecule has 22 heavy (non-hydrogen) atoms. The van der Waals surface area contributed by atoms with E-state index in [2.05, 4.69) is 10.3 Å². The highest BCUT2D eigenvalue weighted by atomic mass is 35.5. The van der Waals surface area contributed by atoms with Crippen molar-refractivity contribution in [1.82, 2.24) is 14.9 Å². The molecule has 1 aromatic carbocycles. The third kappa shape index (κ3) is 4.52. The van der Waals surface area contributed by atoms with Crippen molar-refractivity contribution in [1.29, 1.82) is 0 Å². The Balaban J connectivity index is 2.13. The largest absolute Gasteiger partial charge is 0.351 e. The number of carbonyl (C=O) groups is 1. The molecule has 0 bridgehead atoms. The summed E-state index contributed by atoms with van der Waals surface area (Å²) < 4.78 is 1.95. The van der Waals surface area contributed by atoms with Gasteiger partial charge >= 0.3 is 0 Å². The van der Waals surface area contributed by atoms with E-state index in [0.29, 0.717) is 5.02 Å². The summed E-state index contributed by atoms with van der Waals surface area (Å²) in [6.07, 6.45) is 3.60. The predicted octanol–water partition coefficient (Wildman–Crippen LogP) is 3.92. The number of hydrogen-bond acceptors (Lipinski definition) is 3. The number of imidazole rings is 1. The minimum Gasteiger partial charge on any atom is -0.351 e. The molecule has 0 aliphatic rings. The van der Waals surface area contributed by atoms with E-state index in [1.807, 2.05) is 62.7 Å². The molecule has 0 spiro atoms. The monoisotopic (exact) mass is 337 g/mol. The Morgan fingerprint density at radius 1 is 1.32 bits per heavy atom. The molecular weight excluding hydrogens is 318 g/mol. The standard InChI is InChI=1S/C16H20ClN3OS/c1-11(14(21)19-16(2,3)4)22-15-18-9-10-20(15)13-7-5-12(17)6-8-13/h5-11H,1-4H3,(H,19,21)/t11-/m0/s1. The molecule has 6 heteroatoms. The third-order valence-corrected chi connectivity index (χ3v) is 4.19. The highest BCUT2D eigenvalue weighted by Crippen LogP contribution is 2.25. The van der Waals surface area contributed by atoms with Crippen LogP contribution in [-0.2, 0) is 4.79 Å². The molecule has 0 aliphatic heterocycles. The number of benzene rings is 1. The zero-order chi connectivity index (χ0) is 16.3. The highest BCUT2D eigenvalue weighted by molar-refractivity contribution is 8.00. The first kappa shape index (κ1) is 16.9. The Morgan fingerprint density at radius 2 is 1.95 bits per heavy atom. The lowest BCUT2D eigenvalue weighted by Crippen LogP contribution is -2.44. The fourth-order valence-electron chi connectivity index (χ4n) is 1.86. The molecule has 118 valence electrons. The average Bonchev–Trinajstić information content (AvgIpc) is 2.85. The zero-order valence-corrected chi connectivity index (χ0v) is 14.7. The third-order valence-electron chi connectivity index (χ3n) is 2.86. The van der Waals surface area contributed by atoms with Gasteiger partial charge in [-0.2, -0.15) is 0 Å². The van der Waals surface area contributed by atoms with Crippen LogP contribution in [0.4, 0.5) is 0 Å². The molecule has 2 aromatic rings. The quantitative estimate of drug-likeness (QED) is 0.860. The molecule has 1 N–H and O–H groups in total. The van der Waals surface area contributed by atoms with Crippen molar-refractivity contribution in [3.05, 3.63) is 41.7 Å². The van der Waals surface area contributed by atoms with Crippen LogP contribution in [0.25, 0.3) is 5.69 Å². The number of nitrogens with zero attached hydrogens (tertiary/aromatic N) is 2. The van der Waals surface area contributed by atoms with E-state index >= 15 is 0 Å². The van der Waals surface area contributed by atoms with Gasteiger partial charge in [0.15, 0.2) is 5.16 Å². The minimum absolute atomic E-state index is 0.00292. The van der Waals surface area contributed by atoms with Crippen LogP contribution >= 0.6 is 23.4 Å². The van der Waals surface area contributed by atoms with Crippen molar-refractivity contribution in [2.75, 3.05) is 0 Å². The fraction of sp³-hybridized carbons (Fsp3) is 0.375. The van der Waals surface area contributed by atoms with E-state index in [1.165, 1.54) is 11.8 Å². The molecule has 0 saturated carbocycles. The van der Waals surface area contributed by atoms with Crippen LogP contribution < -0.4 is 5.32 Å². The van der Waals surface area contributed by atoms with Crippen LogP contribution in [-0.4, -0.2) is 26.2 Å². The van der Waals surface area contributed by atoms with Crippen LogP contribution in [0.2, 0.25) is 5.02 Å². The van der Waals surface area contributed by atoms with Crippen molar-refractivity contribution in [2.45, 2.75) is 43.6 Å². The Morgan fingerprint density at radius 3 is 2.55 bits per heavy atom. The summed E-state index contributed by atoms with van der Waals surface area (Å²) in [6, 6.07) is 7.52. The van der Waals surface area contributed by atoms with Gasteiger partial charge in [0.05, 0.1) is 5.25 Å². The molecule has 0 aliphatic carbocycles. The van der Waals surface area contributed by atoms with Gasteiger partial charge < -0.3 is 5.32 Å². The smallest absolute Gasteiger partial charge is 0.233 e. The minimum atomic E-state index is -0.239. The van der Waals surface area contributed by atoms with Crippen LogP contribution in [0, 0.1) is 0 Å². The molecule has 4 nitrogen and oxygen atoms in total. The summed E-state index contributed by atoms with van der Waals surface area (Å²) >= 11 is 7.35. The first-order valence-corrected chi connectivity index (χ1v) is 8.30. The zero-order valence-electron chi connectivity index (χ0n) is 13.1. The molecule has 1 atom stereocenters. The normalized spacial score (nSPS) is 13.0. The van der Waals surface area contributed by atoms with Gasteiger partial charge in [-0.1, -0.05) is 23.4 Å². The summed E-state index contributed by atoms with van der Waals surface area (Å²) in [7, 11) is 0. The van der Waals surface area contributed by atoms with E-state index < -0.39 is 0 Å². The number of thioether (sulfide) groups is 1. The van der Waals surface area contributed by atoms with Crippen molar-refractivity contribution >= 4 is 29.3 Å². The molecule has 1 amide bonds. The maximum Gasteiger partial charge on any atom is 0.233 e. The van der Waals surface area contributed by atoms with E-state index in [1.54, 1.807) is 6.20 Å². The first-order chi connectivity index (χ1) is 10.3. The lowest BCUT2D eigenvalue weighted by molar-refractivity contribution is -0.121. The second-order valence-electron chi connectivity index (χ2n) is 6.06. The molecule has 0 radical (unpaired) electrons. The Labute approximate surface area is 140 Å². The summed E-state index contributed by atoms with van der Waals surface area (Å²) in [5, 5.41) is 4.22. The van der Waals surface area contributed by atoms with Crippen molar-refractivity contribution < 1.29 is 4.79 Å². The van der Waals surface area contributed by atoms with Gasteiger partial charge in [-0.3, -0.25) is 9.36 Å². The topological polar surface area (TPSA) is 46.9 Å². The second kappa shape index (κ2) is 6.75. The van der Waals surface area contributed by atoms with Crippen molar-refractivity contribution in [2.24, 2.45) is 0 Å². The second-order valence-corrected chi connectivity index (χ2v) is 7.80. The number of nitrogens with one attached hydrogen (secondary N) is 1. The van der Waals surface area contributed by atoms with Gasteiger partial charge in [0.25, 0.3) is 0 Å². The summed E-state index contributed by atoms with van der Waals surface area (Å²) in [6.45, 7) is 7.79. The van der Waals surface area contributed by atoms with Crippen LogP contribution in [0.5, 0.6) is 0 Å². The summed E-state index contributed by atoms with van der Waals surface area (Å²) in [4.78, 5) is 16.5. The van der Waals surface area contributed by atoms with Crippen molar-refractivity contribution in [3.63, 3.8) is 0 Å². The maximum atomic E-state index is 12.2. The van der Waals surface area contributed by atoms with E-state index in [0.717, 1.165) is 10.8 Å². The van der Waals surface area contributed by atoms with Crippen LogP contribution in [0.15, 0.2) is 41.8 Å². The maximum absolute atomic E-state index is 12.2. The van der Waals surface area contributed by atoms with Gasteiger partial charge in [-0.25, -0.2) is 4.98 Å². The predicted molar refractivity (Wildman–Crippen MR) is 91.8 cm³/mol. The van der Waals surface area contributed by atoms with Gasteiger partial charge in [0.2, 0.25) is 5.91 Å². The van der Waals surface area contributed by atoms with Crippen molar-refractivity contribution in [3.8, 4) is 5.69 Å². The first-order valence-electron chi connectivity index (χ1n) is 7.04. The van der Waals surface area contributed by atoms with Crippen LogP contribution in [0.3, 0.4) is 0 Å². The number of amides is 1. The molecule has 0 fully saturated rings. The van der Waals surface area contributed by atoms with Gasteiger partial charge in [0, 0.05) is 28.6 Å². The van der Waals surface area contributed by atoms with Crippen LogP contribution in [0.1, 0.15) is 27.7 Å². The lowest BCUT2D eigenvalue weighted by Gasteiger charge is -2.23. The Hall–Kier alpha value is -1.46. The molecular formula is C16H20ClN3OS. The molecule has 2 rings (SSSR count). The van der Waals surface area contributed by atoms with Gasteiger partial charge in [-0.05, 0) is 52.0 Å². The lowest BCUT2D eigenvalue weighted by atomic mass is 10.1. The molecule has 0 unspecified atom stereocenters. The summed E-state index contributed by atoms with van der Waals surface area (Å²) in [5.74, 6) is 0.00292. The fourth-order valence-corrected chi connectivity index (χ4v) is 2.87. The molecule has 1 aromatic heterocycles. The Bertz CT molecular complexity index is 646.